The SMILES string of the molecule is O=C(NNC(=O)c1cccc(NC(=O)c2ccco2)c1)c1ccc([N+](=O)[O-])cc1. The highest BCUT2D eigenvalue weighted by molar-refractivity contribution is 6.03. The van der Waals surface area contributed by atoms with Crippen molar-refractivity contribution in [3.05, 3.63) is 93.9 Å². The molecule has 3 rings (SSSR count). The molecule has 0 aliphatic carbocycles. The zero-order valence-electron chi connectivity index (χ0n) is 14.7. The molecule has 146 valence electrons. The maximum Gasteiger partial charge on any atom is 0.291 e. The van der Waals surface area contributed by atoms with Gasteiger partial charge in [0.2, 0.25) is 0 Å². The molecule has 0 saturated heterocycles. The first-order valence-corrected chi connectivity index (χ1v) is 8.24. The van der Waals surface area contributed by atoms with E-state index in [1.54, 1.807) is 18.2 Å². The number of non-ortho nitro benzene ring substituents is 1. The van der Waals surface area contributed by atoms with Crippen LogP contribution in [0.25, 0.3) is 0 Å². The second-order valence-corrected chi connectivity index (χ2v) is 5.72. The first kappa shape index (κ1) is 19.3. The molecular weight excluding hydrogens is 380 g/mol. The monoisotopic (exact) mass is 394 g/mol. The van der Waals surface area contributed by atoms with Crippen LogP contribution in [0.15, 0.2) is 71.3 Å². The molecule has 1 heterocycles. The van der Waals surface area contributed by atoms with Gasteiger partial charge >= 0.3 is 0 Å². The van der Waals surface area contributed by atoms with E-state index in [-0.39, 0.29) is 22.6 Å². The van der Waals surface area contributed by atoms with Gasteiger partial charge in [-0.05, 0) is 42.5 Å². The van der Waals surface area contributed by atoms with E-state index in [0.29, 0.717) is 5.69 Å². The standard InChI is InChI=1S/C19H14N4O6/c24-17(12-6-8-15(9-7-12)23(27)28)21-22-18(25)13-3-1-4-14(11-13)20-19(26)16-5-2-10-29-16/h1-11H,(H,20,26)(H,21,24)(H,22,25). The van der Waals surface area contributed by atoms with Gasteiger partial charge in [-0.1, -0.05) is 6.07 Å². The number of hydrogen-bond donors (Lipinski definition) is 3. The quantitative estimate of drug-likeness (QED) is 0.448. The van der Waals surface area contributed by atoms with Crippen LogP contribution in [-0.2, 0) is 0 Å². The van der Waals surface area contributed by atoms with Gasteiger partial charge in [-0.2, -0.15) is 0 Å². The molecule has 3 aromatic rings. The lowest BCUT2D eigenvalue weighted by Crippen LogP contribution is -2.41. The van der Waals surface area contributed by atoms with Crippen LogP contribution < -0.4 is 16.2 Å². The normalized spacial score (nSPS) is 10.1. The predicted octanol–water partition coefficient (Wildman–Crippen LogP) is 2.51. The largest absolute Gasteiger partial charge is 0.459 e. The minimum absolute atomic E-state index is 0.121. The Labute approximate surface area is 163 Å². The first-order valence-electron chi connectivity index (χ1n) is 8.24. The van der Waals surface area contributed by atoms with E-state index >= 15 is 0 Å². The average molecular weight is 394 g/mol. The predicted molar refractivity (Wildman–Crippen MR) is 101 cm³/mol. The van der Waals surface area contributed by atoms with E-state index in [0.717, 1.165) is 0 Å². The lowest BCUT2D eigenvalue weighted by Gasteiger charge is -2.09. The number of carbonyl (C=O) groups excluding carboxylic acids is 3. The molecule has 0 radical (unpaired) electrons. The number of rotatable bonds is 5. The maximum atomic E-state index is 12.2. The molecule has 0 unspecified atom stereocenters. The third kappa shape index (κ3) is 4.83. The highest BCUT2D eigenvalue weighted by Crippen LogP contribution is 2.13. The topological polar surface area (TPSA) is 144 Å². The third-order valence-corrected chi connectivity index (χ3v) is 3.76. The molecule has 0 aliphatic heterocycles. The van der Waals surface area contributed by atoms with Crippen LogP contribution in [0.4, 0.5) is 11.4 Å². The van der Waals surface area contributed by atoms with Crippen LogP contribution in [-0.4, -0.2) is 22.6 Å². The third-order valence-electron chi connectivity index (χ3n) is 3.76. The fraction of sp³-hybridized carbons (Fsp3) is 0. The molecule has 29 heavy (non-hydrogen) atoms. The summed E-state index contributed by atoms with van der Waals surface area (Å²) in [6.07, 6.45) is 1.37. The summed E-state index contributed by atoms with van der Waals surface area (Å²) in [4.78, 5) is 46.3. The number of hydrazine groups is 1. The second-order valence-electron chi connectivity index (χ2n) is 5.72. The van der Waals surface area contributed by atoms with Crippen LogP contribution in [0.2, 0.25) is 0 Å². The van der Waals surface area contributed by atoms with Crippen molar-refractivity contribution in [3.63, 3.8) is 0 Å². The Kier molecular flexibility index (Phi) is 5.64. The van der Waals surface area contributed by atoms with Crippen molar-refractivity contribution >= 4 is 29.1 Å². The number of nitro benzene ring substituents is 1. The van der Waals surface area contributed by atoms with E-state index in [1.807, 2.05) is 0 Å². The summed E-state index contributed by atoms with van der Waals surface area (Å²) in [5.41, 5.74) is 4.99. The van der Waals surface area contributed by atoms with Crippen LogP contribution in [0.5, 0.6) is 0 Å². The fourth-order valence-electron chi connectivity index (χ4n) is 2.33. The van der Waals surface area contributed by atoms with Gasteiger partial charge in [-0.15, -0.1) is 0 Å². The Hall–Kier alpha value is -4.47. The number of nitrogens with one attached hydrogen (secondary N) is 3. The van der Waals surface area contributed by atoms with E-state index in [1.165, 1.54) is 48.7 Å². The zero-order valence-corrected chi connectivity index (χ0v) is 14.7. The molecule has 10 nitrogen and oxygen atoms in total. The molecular formula is C19H14N4O6. The van der Waals surface area contributed by atoms with Crippen molar-refractivity contribution in [1.82, 2.24) is 10.9 Å². The molecule has 0 bridgehead atoms. The lowest BCUT2D eigenvalue weighted by molar-refractivity contribution is -0.384. The average Bonchev–Trinajstić information content (AvgIpc) is 3.27. The van der Waals surface area contributed by atoms with Crippen molar-refractivity contribution in [1.29, 1.82) is 0 Å². The number of amides is 3. The summed E-state index contributed by atoms with van der Waals surface area (Å²) in [6.45, 7) is 0. The molecule has 1 aromatic heterocycles. The maximum absolute atomic E-state index is 12.2. The molecule has 0 saturated carbocycles. The molecule has 0 fully saturated rings. The van der Waals surface area contributed by atoms with Crippen molar-refractivity contribution in [3.8, 4) is 0 Å². The summed E-state index contributed by atoms with van der Waals surface area (Å²) in [7, 11) is 0. The number of anilines is 1. The number of benzene rings is 2. The molecule has 3 N–H and O–H groups in total. The molecule has 10 heteroatoms. The van der Waals surface area contributed by atoms with Gasteiger partial charge < -0.3 is 9.73 Å². The highest BCUT2D eigenvalue weighted by atomic mass is 16.6. The highest BCUT2D eigenvalue weighted by Gasteiger charge is 2.13. The van der Waals surface area contributed by atoms with E-state index < -0.39 is 22.6 Å². The lowest BCUT2D eigenvalue weighted by atomic mass is 10.2. The van der Waals surface area contributed by atoms with Crippen LogP contribution >= 0.6 is 0 Å². The Morgan fingerprint density at radius 3 is 2.14 bits per heavy atom. The van der Waals surface area contributed by atoms with Crippen molar-refractivity contribution in [2.75, 3.05) is 5.32 Å². The van der Waals surface area contributed by atoms with Gasteiger partial charge in [-0.3, -0.25) is 35.3 Å². The van der Waals surface area contributed by atoms with Crippen LogP contribution in [0, 0.1) is 10.1 Å². The van der Waals surface area contributed by atoms with E-state index in [4.69, 9.17) is 4.42 Å². The van der Waals surface area contributed by atoms with E-state index in [9.17, 15) is 24.5 Å². The minimum Gasteiger partial charge on any atom is -0.459 e. The van der Waals surface area contributed by atoms with E-state index in [2.05, 4.69) is 16.2 Å². The van der Waals surface area contributed by atoms with Crippen LogP contribution in [0.3, 0.4) is 0 Å². The van der Waals surface area contributed by atoms with Gasteiger partial charge in [0.15, 0.2) is 5.76 Å². The summed E-state index contributed by atoms with van der Waals surface area (Å²) < 4.78 is 5.00. The van der Waals surface area contributed by atoms with Crippen molar-refractivity contribution in [2.45, 2.75) is 0 Å². The molecule has 2 aromatic carbocycles. The second kappa shape index (κ2) is 8.48. The first-order chi connectivity index (χ1) is 13.9. The number of furan rings is 1. The number of nitro groups is 1. The molecule has 0 atom stereocenters. The smallest absolute Gasteiger partial charge is 0.291 e. The number of carbonyl (C=O) groups is 3. The van der Waals surface area contributed by atoms with Gasteiger partial charge in [0.05, 0.1) is 11.2 Å². The summed E-state index contributed by atoms with van der Waals surface area (Å²) >= 11 is 0. The van der Waals surface area contributed by atoms with Gasteiger partial charge in [-0.25, -0.2) is 0 Å². The number of nitrogens with zero attached hydrogens (tertiary/aromatic N) is 1. The zero-order chi connectivity index (χ0) is 20.8. The molecule has 3 amide bonds. The number of hydrogen-bond acceptors (Lipinski definition) is 6. The summed E-state index contributed by atoms with van der Waals surface area (Å²) in [6, 6.07) is 14.0. The van der Waals surface area contributed by atoms with Crippen molar-refractivity contribution in [2.24, 2.45) is 0 Å². The fourth-order valence-corrected chi connectivity index (χ4v) is 2.33. The Balaban J connectivity index is 1.59. The van der Waals surface area contributed by atoms with Crippen LogP contribution in [0.1, 0.15) is 31.3 Å². The van der Waals surface area contributed by atoms with Gasteiger partial charge in [0.25, 0.3) is 23.4 Å². The Bertz CT molecular complexity index is 1060. The van der Waals surface area contributed by atoms with Gasteiger partial charge in [0.1, 0.15) is 0 Å². The summed E-state index contributed by atoms with van der Waals surface area (Å²) in [5, 5.41) is 13.2. The Morgan fingerprint density at radius 1 is 0.828 bits per heavy atom. The van der Waals surface area contributed by atoms with Gasteiger partial charge in [0, 0.05) is 28.9 Å². The molecule has 0 aliphatic rings. The Morgan fingerprint density at radius 2 is 1.52 bits per heavy atom. The molecule has 0 spiro atoms. The van der Waals surface area contributed by atoms with Crippen molar-refractivity contribution < 1.29 is 23.7 Å². The summed E-state index contributed by atoms with van der Waals surface area (Å²) in [5.74, 6) is -1.61. The minimum atomic E-state index is -0.643.